The molecular formula is C70H98Cl2NO38-. The van der Waals surface area contributed by atoms with Gasteiger partial charge in [0.05, 0.1) is 80.5 Å². The minimum absolute atomic E-state index is 0.0770. The summed E-state index contributed by atoms with van der Waals surface area (Å²) in [5.41, 5.74) is -3.41. The zero-order chi connectivity index (χ0) is 80.2. The van der Waals surface area contributed by atoms with E-state index in [1.807, 2.05) is 0 Å². The fourth-order valence-electron chi connectivity index (χ4n) is 17.0. The zero-order valence-electron chi connectivity index (χ0n) is 63.1. The van der Waals surface area contributed by atoms with Crippen LogP contribution < -0.4 is 4.74 Å². The van der Waals surface area contributed by atoms with Crippen LogP contribution in [-0.4, -0.2) is 339 Å². The van der Waals surface area contributed by atoms with Crippen molar-refractivity contribution in [2.75, 3.05) is 62.2 Å². The lowest BCUT2D eigenvalue weighted by Crippen LogP contribution is -2.68. The van der Waals surface area contributed by atoms with Gasteiger partial charge in [-0.1, -0.05) is 23.2 Å². The molecule has 0 radical (unpaired) electrons. The molecule has 9 N–H and O–H groups in total. The van der Waals surface area contributed by atoms with Crippen molar-refractivity contribution in [3.63, 3.8) is 0 Å². The molecular weight excluding hydrogens is 1530 g/mol. The number of phenolic OH excluding ortho intramolecular Hbond substituents is 3. The van der Waals surface area contributed by atoms with Crippen LogP contribution in [0.3, 0.4) is 0 Å². The van der Waals surface area contributed by atoms with Crippen molar-refractivity contribution in [3.8, 4) is 23.0 Å². The van der Waals surface area contributed by atoms with Crippen LogP contribution in [0, 0.1) is 19.1 Å². The van der Waals surface area contributed by atoms with E-state index in [0.717, 1.165) is 6.07 Å². The third-order valence-corrected chi connectivity index (χ3v) is 23.3. The van der Waals surface area contributed by atoms with Gasteiger partial charge in [0.15, 0.2) is 67.6 Å². The van der Waals surface area contributed by atoms with Crippen molar-refractivity contribution in [1.82, 2.24) is 5.23 Å². The quantitative estimate of drug-likeness (QED) is 0.0626. The molecule has 0 amide bonds. The number of rotatable bonds is 21. The summed E-state index contributed by atoms with van der Waals surface area (Å²) in [6.07, 6.45) is -40.5. The lowest BCUT2D eigenvalue weighted by Gasteiger charge is -2.53. The number of esters is 2. The summed E-state index contributed by atoms with van der Waals surface area (Å²) >= 11 is 12.8. The van der Waals surface area contributed by atoms with Crippen molar-refractivity contribution < 1.29 is 179 Å². The zero-order valence-corrected chi connectivity index (χ0v) is 64.6. The van der Waals surface area contributed by atoms with Crippen LogP contribution in [0.1, 0.15) is 99.6 Å². The monoisotopic (exact) mass is 1630 g/mol. The first-order valence-corrected chi connectivity index (χ1v) is 37.1. The van der Waals surface area contributed by atoms with Crippen LogP contribution in [0.5, 0.6) is 23.0 Å². The van der Waals surface area contributed by atoms with Gasteiger partial charge < -0.3 is 174 Å². The minimum atomic E-state index is -2.06. The summed E-state index contributed by atoms with van der Waals surface area (Å²) < 4.78 is 160. The van der Waals surface area contributed by atoms with E-state index < -0.39 is 243 Å². The molecule has 0 bridgehead atoms. The second-order valence-corrected chi connectivity index (χ2v) is 30.6. The van der Waals surface area contributed by atoms with Crippen molar-refractivity contribution >= 4 is 35.1 Å². The molecule has 2 aromatic carbocycles. The Morgan fingerprint density at radius 1 is 0.613 bits per heavy atom. The van der Waals surface area contributed by atoms with E-state index >= 15 is 0 Å². The van der Waals surface area contributed by atoms with Gasteiger partial charge in [-0.15, -0.1) is 0 Å². The molecule has 0 aromatic heterocycles. The Balaban J connectivity index is 0.644. The molecule has 0 unspecified atom stereocenters. The van der Waals surface area contributed by atoms with Gasteiger partial charge in [0.2, 0.25) is 0 Å². The molecule has 35 atom stereocenters. The number of carbonyl (C=O) groups excluding carboxylic acids is 2. The number of carbonyl (C=O) groups is 2. The smallest absolute Gasteiger partial charge is 0.342 e. The van der Waals surface area contributed by atoms with Gasteiger partial charge in [-0.2, -0.15) is 0 Å². The van der Waals surface area contributed by atoms with Crippen molar-refractivity contribution in [2.45, 2.75) is 295 Å². The molecule has 2 aromatic rings. The van der Waals surface area contributed by atoms with E-state index in [1.165, 1.54) is 69.3 Å². The highest BCUT2D eigenvalue weighted by atomic mass is 35.5. The Hall–Kier alpha value is -4.08. The summed E-state index contributed by atoms with van der Waals surface area (Å²) in [4.78, 5) is 27.6. The third-order valence-electron chi connectivity index (χ3n) is 22.5. The van der Waals surface area contributed by atoms with E-state index in [4.69, 9.17) is 146 Å². The Morgan fingerprint density at radius 2 is 1.31 bits per heavy atom. The Kier molecular flexibility index (Phi) is 25.5. The first-order valence-electron chi connectivity index (χ1n) is 36.4. The summed E-state index contributed by atoms with van der Waals surface area (Å²) in [5.74, 6) is -7.51. The number of halogens is 2. The third kappa shape index (κ3) is 15.7. The van der Waals surface area contributed by atoms with E-state index in [-0.39, 0.29) is 88.5 Å². The number of aliphatic hydroxyl groups is 5. The van der Waals surface area contributed by atoms with Crippen LogP contribution in [0.15, 0.2) is 12.1 Å². The number of methoxy groups -OCH3 is 5. The van der Waals surface area contributed by atoms with Crippen molar-refractivity contribution in [3.05, 3.63) is 49.6 Å². The normalized spacial score (nSPS) is 45.7. The molecule has 11 aliphatic rings. The van der Waals surface area contributed by atoms with Crippen molar-refractivity contribution in [1.29, 1.82) is 0 Å². The van der Waals surface area contributed by atoms with Crippen molar-refractivity contribution in [2.24, 2.45) is 0 Å². The number of aliphatic hydroxyl groups excluding tert-OH is 5. The first-order chi connectivity index (χ1) is 52.6. The molecule has 626 valence electrons. The van der Waals surface area contributed by atoms with Crippen LogP contribution in [-0.2, 0) is 118 Å². The summed E-state index contributed by atoms with van der Waals surface area (Å²) in [6, 6.07) is 2.28. The number of ether oxygens (including phenoxy) is 26. The van der Waals surface area contributed by atoms with Gasteiger partial charge in [-0.25, -0.2) is 9.59 Å². The minimum Gasteiger partial charge on any atom is -0.762 e. The maximum Gasteiger partial charge on any atom is 0.342 e. The predicted molar refractivity (Wildman–Crippen MR) is 363 cm³/mol. The highest BCUT2D eigenvalue weighted by Crippen LogP contribution is 2.53. The molecule has 41 heteroatoms. The van der Waals surface area contributed by atoms with Crippen LogP contribution in [0.2, 0.25) is 10.0 Å². The highest BCUT2D eigenvalue weighted by molar-refractivity contribution is 6.39. The number of nitrogens with zero attached hydrogens (tertiary/aromatic N) is 1. The largest absolute Gasteiger partial charge is 0.762 e. The topological polar surface area (TPSA) is 482 Å². The maximum atomic E-state index is 14.3. The number of aryl methyl sites for hydroxylation is 1. The van der Waals surface area contributed by atoms with E-state index in [2.05, 4.69) is 0 Å². The Bertz CT molecular complexity index is 3580. The molecule has 0 saturated carbocycles. The molecule has 11 heterocycles. The standard InChI is InChI=1S/C70H98Cl2NO38/c1-24-15-31(74)16-32(75)40(24)61(82)100-36-22-94-70(60-53(36)92-23-93-60)108-37-21-91-63(46(79)52(37)109-70)106-65-56(89-13)45(78)51(35(101-65)20-86-10)104-64-47(80)55(50(87-11)27(4)97-64)105-66-57(81)68(9)59(30(7)98-66)110-69(111-68)18-33(76)48(28(5)107-69)102-38-17-34(99-39-19-67(8,73(84)85)58(90-14)29(6)96-39)49(26(3)95-38)103-62(83)41-25(2)42(71)44(77)43(72)54(41)88-12/h15-16,26-30,33-39,45-53,55-60,63-66,74-81,84H,17-23H2,1-14H3/q-1/t26-,27-,28-,29+,30-,33-,34-,35-,36-,37+,38+,39+,45+,46-,47-,48-,49-,50+,51-,52-,53+,55-,56+,57-,58+,59-,60-,63+,64+,65+,66+,67+,68-,69-,70+/m1/s1. The van der Waals surface area contributed by atoms with Gasteiger partial charge >= 0.3 is 17.9 Å². The number of phenols is 3. The molecule has 39 nitrogen and oxygen atoms in total. The molecule has 11 saturated heterocycles. The van der Waals surface area contributed by atoms with Gasteiger partial charge in [-0.3, -0.25) is 5.23 Å². The number of hydrogen-bond acceptors (Lipinski definition) is 39. The van der Waals surface area contributed by atoms with Gasteiger partial charge in [0.25, 0.3) is 5.97 Å². The fourth-order valence-corrected chi connectivity index (χ4v) is 17.5. The van der Waals surface area contributed by atoms with Crippen LogP contribution in [0.25, 0.3) is 0 Å². The average Bonchev–Trinajstić information content (AvgIpc) is 1.58. The highest BCUT2D eigenvalue weighted by Gasteiger charge is 2.70. The Labute approximate surface area is 646 Å². The number of fused-ring (bicyclic) bond motifs is 4. The molecule has 11 fully saturated rings. The molecule has 11 aliphatic heterocycles. The molecule has 13 rings (SSSR count). The van der Waals surface area contributed by atoms with Gasteiger partial charge in [-0.05, 0) is 79.5 Å². The van der Waals surface area contributed by atoms with Crippen LogP contribution >= 0.6 is 23.2 Å². The second-order valence-electron chi connectivity index (χ2n) is 29.9. The summed E-state index contributed by atoms with van der Waals surface area (Å²) in [7, 11) is 6.56. The first kappa shape index (κ1) is 84.8. The number of hydroxylamine groups is 2. The number of aromatic hydroxyl groups is 3. The maximum absolute atomic E-state index is 14.3. The van der Waals surface area contributed by atoms with Crippen LogP contribution in [0.4, 0.5) is 0 Å². The SMILES string of the molecule is COC[C@H]1O[C@@H](O[C@@H]2OC[C@@H]3O[C@]4(OC[C@@H](OC(=O)c5c(C)cc(O)cc5O)[C@@H]5OCO[C@H]54)O[C@H]3[C@H]2O)[C@@H](OC)[C@@H](O)[C@@H]1O[C@@H]1O[C@H](C)[C@H](OC)[C@H](O[C@@H]2O[C@H](C)[C@H]3O[C@]4(C[C@@H](O)[C@H](O[C@H]5C[C@@H](O[C@H]6C[C@](C)(N([O-])O)[C@@H](OC)[C@H](C)O6)[C@H](OC(=O)c6c(C)c(Cl)c(O)c(Cl)c6OC)[C@@H](C)O5)[C@@H](C)O4)O[C@]3(C)[C@@H]2O)[C@H]1O. The predicted octanol–water partition coefficient (Wildman–Crippen LogP) is 1.17. The number of hydrogen-bond donors (Lipinski definition) is 9. The lowest BCUT2D eigenvalue weighted by molar-refractivity contribution is -0.415. The second kappa shape index (κ2) is 33.4. The molecule has 2 spiro atoms. The summed E-state index contributed by atoms with van der Waals surface area (Å²) in [5, 5.41) is 114. The van der Waals surface area contributed by atoms with Gasteiger partial charge in [0.1, 0.15) is 138 Å². The van der Waals surface area contributed by atoms with E-state index in [0.29, 0.717) is 0 Å². The molecule has 0 aliphatic carbocycles. The van der Waals surface area contributed by atoms with E-state index in [9.17, 15) is 60.9 Å². The van der Waals surface area contributed by atoms with E-state index in [1.54, 1.807) is 34.6 Å². The lowest BCUT2D eigenvalue weighted by atomic mass is 9.85. The Morgan fingerprint density at radius 3 is 1.98 bits per heavy atom. The summed E-state index contributed by atoms with van der Waals surface area (Å²) in [6.45, 7) is 12.8. The molecule has 111 heavy (non-hydrogen) atoms. The fraction of sp³-hybridized carbons (Fsp3) is 0.800. The average molecular weight is 1630 g/mol. The number of benzene rings is 2. The van der Waals surface area contributed by atoms with Gasteiger partial charge in [0, 0.05) is 47.3 Å².